The monoisotopic (exact) mass is 326 g/mol. The number of benzene rings is 1. The van der Waals surface area contributed by atoms with Gasteiger partial charge in [0.25, 0.3) is 0 Å². The van der Waals surface area contributed by atoms with Crippen LogP contribution in [0.2, 0.25) is 0 Å². The minimum atomic E-state index is -0.895. The van der Waals surface area contributed by atoms with Gasteiger partial charge in [0.15, 0.2) is 0 Å². The number of amides is 1. The lowest BCUT2D eigenvalue weighted by Gasteiger charge is -2.33. The lowest BCUT2D eigenvalue weighted by molar-refractivity contribution is -0.142. The first kappa shape index (κ1) is 13.9. The van der Waals surface area contributed by atoms with Crippen LogP contribution in [0.3, 0.4) is 0 Å². The molecular formula is C13H15BrN2O3. The number of aliphatic carboxylic acids is 1. The Balaban J connectivity index is 2.40. The fraction of sp³-hybridized carbons (Fsp3) is 0.385. The van der Waals surface area contributed by atoms with Gasteiger partial charge >= 0.3 is 5.97 Å². The molecule has 19 heavy (non-hydrogen) atoms. The van der Waals surface area contributed by atoms with Gasteiger partial charge < -0.3 is 15.7 Å². The summed E-state index contributed by atoms with van der Waals surface area (Å²) in [5.74, 6) is -1.35. The van der Waals surface area contributed by atoms with Gasteiger partial charge in [-0.3, -0.25) is 4.79 Å². The molecule has 0 spiro atoms. The molecule has 0 bridgehead atoms. The Hall–Kier alpha value is -1.56. The smallest absolute Gasteiger partial charge is 0.329 e. The maximum absolute atomic E-state index is 11.4. The number of anilines is 1. The third kappa shape index (κ3) is 2.32. The molecule has 1 heterocycles. The first-order valence-corrected chi connectivity index (χ1v) is 6.76. The Morgan fingerprint density at radius 1 is 1.47 bits per heavy atom. The van der Waals surface area contributed by atoms with Gasteiger partial charge in [0.2, 0.25) is 5.91 Å². The second-order valence-electron chi connectivity index (χ2n) is 4.86. The van der Waals surface area contributed by atoms with Crippen LogP contribution in [0.25, 0.3) is 0 Å². The summed E-state index contributed by atoms with van der Waals surface area (Å²) in [5, 5.41) is 9.39. The molecule has 1 fully saturated rings. The van der Waals surface area contributed by atoms with Crippen molar-refractivity contribution < 1.29 is 14.7 Å². The number of hydrogen-bond acceptors (Lipinski definition) is 3. The summed E-state index contributed by atoms with van der Waals surface area (Å²) in [5.41, 5.74) is 5.51. The number of hydrogen-bond donors (Lipinski definition) is 2. The second-order valence-corrected chi connectivity index (χ2v) is 5.72. The van der Waals surface area contributed by atoms with Crippen LogP contribution in [-0.4, -0.2) is 29.1 Å². The minimum absolute atomic E-state index is 0.389. The second kappa shape index (κ2) is 4.85. The lowest BCUT2D eigenvalue weighted by atomic mass is 9.98. The maximum atomic E-state index is 11.4. The van der Waals surface area contributed by atoms with E-state index in [2.05, 4.69) is 15.9 Å². The molecule has 1 saturated heterocycles. The predicted octanol–water partition coefficient (Wildman–Crippen LogP) is 1.99. The number of carbonyl (C=O) groups is 2. The average Bonchev–Trinajstić information content (AvgIpc) is 2.72. The van der Waals surface area contributed by atoms with Crippen molar-refractivity contribution in [3.05, 3.63) is 28.2 Å². The maximum Gasteiger partial charge on any atom is 0.329 e. The SMILES string of the molecule is CC1(C(=O)O)CCCN1c1ccc(C(N)=O)c(Br)c1. The molecule has 5 nitrogen and oxygen atoms in total. The van der Waals surface area contributed by atoms with Crippen LogP contribution in [0.1, 0.15) is 30.1 Å². The topological polar surface area (TPSA) is 83.6 Å². The quantitative estimate of drug-likeness (QED) is 0.889. The Bertz CT molecular complexity index is 547. The average molecular weight is 327 g/mol. The number of carboxylic acids is 1. The van der Waals surface area contributed by atoms with E-state index < -0.39 is 17.4 Å². The van der Waals surface area contributed by atoms with Crippen LogP contribution < -0.4 is 10.6 Å². The summed E-state index contributed by atoms with van der Waals surface area (Å²) in [7, 11) is 0. The van der Waals surface area contributed by atoms with Crippen molar-refractivity contribution >= 4 is 33.5 Å². The molecule has 1 aliphatic rings. The molecule has 102 valence electrons. The van der Waals surface area contributed by atoms with Crippen LogP contribution in [0.4, 0.5) is 5.69 Å². The number of nitrogens with two attached hydrogens (primary N) is 1. The van der Waals surface area contributed by atoms with Crippen molar-refractivity contribution in [2.24, 2.45) is 5.73 Å². The molecule has 0 saturated carbocycles. The van der Waals surface area contributed by atoms with Gasteiger partial charge in [-0.05, 0) is 53.9 Å². The van der Waals surface area contributed by atoms with E-state index in [-0.39, 0.29) is 0 Å². The summed E-state index contributed by atoms with van der Waals surface area (Å²) >= 11 is 3.29. The van der Waals surface area contributed by atoms with Gasteiger partial charge in [-0.15, -0.1) is 0 Å². The molecule has 0 aromatic heterocycles. The zero-order valence-corrected chi connectivity index (χ0v) is 12.1. The number of nitrogens with zero attached hydrogens (tertiary/aromatic N) is 1. The molecule has 1 amide bonds. The Morgan fingerprint density at radius 3 is 2.68 bits per heavy atom. The number of rotatable bonds is 3. The first-order chi connectivity index (χ1) is 8.86. The van der Waals surface area contributed by atoms with E-state index in [1.807, 2.05) is 4.90 Å². The van der Waals surface area contributed by atoms with E-state index in [9.17, 15) is 14.7 Å². The van der Waals surface area contributed by atoms with Gasteiger partial charge in [-0.2, -0.15) is 0 Å². The van der Waals surface area contributed by atoms with Gasteiger partial charge in [-0.25, -0.2) is 4.79 Å². The highest BCUT2D eigenvalue weighted by molar-refractivity contribution is 9.10. The van der Waals surface area contributed by atoms with Crippen LogP contribution in [0, 0.1) is 0 Å². The highest BCUT2D eigenvalue weighted by Gasteiger charge is 2.43. The summed E-state index contributed by atoms with van der Waals surface area (Å²) < 4.78 is 0.581. The first-order valence-electron chi connectivity index (χ1n) is 5.96. The van der Waals surface area contributed by atoms with Crippen molar-refractivity contribution in [3.63, 3.8) is 0 Å². The minimum Gasteiger partial charge on any atom is -0.480 e. The summed E-state index contributed by atoms with van der Waals surface area (Å²) in [6, 6.07) is 5.09. The van der Waals surface area contributed by atoms with E-state index in [1.54, 1.807) is 25.1 Å². The summed E-state index contributed by atoms with van der Waals surface area (Å²) in [6.07, 6.45) is 1.44. The van der Waals surface area contributed by atoms with Crippen molar-refractivity contribution in [2.75, 3.05) is 11.4 Å². The zero-order chi connectivity index (χ0) is 14.2. The number of carboxylic acid groups (broad SMARTS) is 1. The molecule has 2 rings (SSSR count). The largest absolute Gasteiger partial charge is 0.480 e. The molecule has 1 atom stereocenters. The van der Waals surface area contributed by atoms with Crippen LogP contribution in [-0.2, 0) is 4.79 Å². The molecule has 1 aromatic rings. The standard InChI is InChI=1S/C13H15BrN2O3/c1-13(12(18)19)5-2-6-16(13)8-3-4-9(11(15)17)10(14)7-8/h3-4,7H,2,5-6H2,1H3,(H2,15,17)(H,18,19). The molecule has 0 radical (unpaired) electrons. The Morgan fingerprint density at radius 2 is 2.16 bits per heavy atom. The number of carbonyl (C=O) groups excluding carboxylic acids is 1. The van der Waals surface area contributed by atoms with Crippen LogP contribution in [0.15, 0.2) is 22.7 Å². The molecule has 6 heteroatoms. The number of halogens is 1. The molecule has 0 aliphatic carbocycles. The molecule has 1 unspecified atom stereocenters. The van der Waals surface area contributed by atoms with Crippen LogP contribution in [0.5, 0.6) is 0 Å². The molecule has 1 aromatic carbocycles. The van der Waals surface area contributed by atoms with E-state index in [4.69, 9.17) is 5.73 Å². The van der Waals surface area contributed by atoms with Crippen molar-refractivity contribution in [2.45, 2.75) is 25.3 Å². The molecular weight excluding hydrogens is 312 g/mol. The van der Waals surface area contributed by atoms with Gasteiger partial charge in [-0.1, -0.05) is 0 Å². The third-order valence-corrected chi connectivity index (χ3v) is 4.29. The lowest BCUT2D eigenvalue weighted by Crippen LogP contribution is -2.48. The van der Waals surface area contributed by atoms with E-state index in [0.717, 1.165) is 12.1 Å². The normalized spacial score (nSPS) is 22.5. The van der Waals surface area contributed by atoms with Crippen molar-refractivity contribution in [1.29, 1.82) is 0 Å². The highest BCUT2D eigenvalue weighted by Crippen LogP contribution is 2.36. The fourth-order valence-electron chi connectivity index (χ4n) is 2.47. The van der Waals surface area contributed by atoms with Gasteiger partial charge in [0, 0.05) is 16.7 Å². The summed E-state index contributed by atoms with van der Waals surface area (Å²) in [6.45, 7) is 2.41. The Kier molecular flexibility index (Phi) is 3.54. The molecule has 3 N–H and O–H groups in total. The highest BCUT2D eigenvalue weighted by atomic mass is 79.9. The zero-order valence-electron chi connectivity index (χ0n) is 10.5. The third-order valence-electron chi connectivity index (χ3n) is 3.63. The van der Waals surface area contributed by atoms with Gasteiger partial charge in [0.05, 0.1) is 5.56 Å². The van der Waals surface area contributed by atoms with Crippen molar-refractivity contribution in [1.82, 2.24) is 0 Å². The van der Waals surface area contributed by atoms with Crippen LogP contribution >= 0.6 is 15.9 Å². The predicted molar refractivity (Wildman–Crippen MR) is 75.3 cm³/mol. The van der Waals surface area contributed by atoms with Crippen molar-refractivity contribution in [3.8, 4) is 0 Å². The Labute approximate surface area is 119 Å². The van der Waals surface area contributed by atoms with Gasteiger partial charge in [0.1, 0.15) is 5.54 Å². The number of primary amides is 1. The fourth-order valence-corrected chi connectivity index (χ4v) is 3.03. The summed E-state index contributed by atoms with van der Waals surface area (Å²) in [4.78, 5) is 24.5. The molecule has 1 aliphatic heterocycles. The van der Waals surface area contributed by atoms with E-state index >= 15 is 0 Å². The van der Waals surface area contributed by atoms with E-state index in [0.29, 0.717) is 23.0 Å². The van der Waals surface area contributed by atoms with E-state index in [1.165, 1.54) is 0 Å².